The molecule has 1 aromatic heterocycles. The number of rotatable bonds is 5. The lowest BCUT2D eigenvalue weighted by molar-refractivity contribution is 0.0954. The maximum atomic E-state index is 12.1. The van der Waals surface area contributed by atoms with Crippen molar-refractivity contribution in [2.24, 2.45) is 0 Å². The van der Waals surface area contributed by atoms with Gasteiger partial charge in [-0.2, -0.15) is 0 Å². The molecule has 0 saturated heterocycles. The highest BCUT2D eigenvalue weighted by Gasteiger charge is 2.12. The third-order valence-electron chi connectivity index (χ3n) is 3.01. The fraction of sp³-hybridized carbons (Fsp3) is 0.267. The van der Waals surface area contributed by atoms with Gasteiger partial charge in [-0.3, -0.25) is 4.79 Å². The molecule has 1 heterocycles. The number of amides is 1. The number of carbonyl (C=O) groups is 1. The van der Waals surface area contributed by atoms with Gasteiger partial charge in [-0.15, -0.1) is 11.3 Å². The number of benzene rings is 1. The molecule has 0 unspecified atom stereocenters. The van der Waals surface area contributed by atoms with Gasteiger partial charge in [0.25, 0.3) is 5.91 Å². The minimum Gasteiger partial charge on any atom is -0.497 e. The Labute approximate surface area is 136 Å². The molecule has 0 fully saturated rings. The van der Waals surface area contributed by atoms with E-state index in [4.69, 9.17) is 9.47 Å². The first-order chi connectivity index (χ1) is 10.0. The second-order valence-corrected chi connectivity index (χ2v) is 6.80. The van der Waals surface area contributed by atoms with Gasteiger partial charge in [0.2, 0.25) is 0 Å². The molecule has 0 spiro atoms. The van der Waals surface area contributed by atoms with E-state index in [1.807, 2.05) is 25.1 Å². The van der Waals surface area contributed by atoms with Gasteiger partial charge in [0.15, 0.2) is 0 Å². The van der Waals surface area contributed by atoms with E-state index in [1.54, 1.807) is 20.3 Å². The number of hydrogen-bond donors (Lipinski definition) is 1. The smallest absolute Gasteiger partial charge is 0.261 e. The second-order valence-electron chi connectivity index (χ2n) is 4.43. The van der Waals surface area contributed by atoms with Crippen molar-refractivity contribution in [1.29, 1.82) is 0 Å². The Kier molecular flexibility index (Phi) is 5.25. The molecule has 1 amide bonds. The van der Waals surface area contributed by atoms with E-state index >= 15 is 0 Å². The number of aryl methyl sites for hydroxylation is 1. The van der Waals surface area contributed by atoms with Crippen molar-refractivity contribution in [2.75, 3.05) is 14.2 Å². The van der Waals surface area contributed by atoms with Gasteiger partial charge in [-0.25, -0.2) is 0 Å². The average molecular weight is 370 g/mol. The summed E-state index contributed by atoms with van der Waals surface area (Å²) in [5.41, 5.74) is 1.96. The Balaban J connectivity index is 2.07. The number of thiophene rings is 1. The van der Waals surface area contributed by atoms with Crippen LogP contribution in [0, 0.1) is 6.92 Å². The van der Waals surface area contributed by atoms with Gasteiger partial charge >= 0.3 is 0 Å². The molecule has 0 bridgehead atoms. The monoisotopic (exact) mass is 369 g/mol. The maximum Gasteiger partial charge on any atom is 0.261 e. The summed E-state index contributed by atoms with van der Waals surface area (Å²) in [6.07, 6.45) is 0. The highest BCUT2D eigenvalue weighted by molar-refractivity contribution is 9.11. The normalized spacial score (nSPS) is 10.3. The van der Waals surface area contributed by atoms with E-state index in [1.165, 1.54) is 11.3 Å². The van der Waals surface area contributed by atoms with Crippen molar-refractivity contribution in [3.8, 4) is 11.5 Å². The maximum absolute atomic E-state index is 12.1. The standard InChI is InChI=1S/C15H16BrNO3S/c1-9-6-13(21-14(9)16)15(18)17-8-10-4-5-11(19-2)7-12(10)20-3/h4-7H,8H2,1-3H3,(H,17,18). The van der Waals surface area contributed by atoms with E-state index in [0.717, 1.165) is 20.7 Å². The minimum atomic E-state index is -0.0910. The Morgan fingerprint density at radius 1 is 1.29 bits per heavy atom. The van der Waals surface area contributed by atoms with Gasteiger partial charge in [-0.1, -0.05) is 0 Å². The lowest BCUT2D eigenvalue weighted by atomic mass is 10.2. The largest absolute Gasteiger partial charge is 0.497 e. The van der Waals surface area contributed by atoms with Crippen molar-refractivity contribution in [2.45, 2.75) is 13.5 Å². The molecular weight excluding hydrogens is 354 g/mol. The predicted octanol–water partition coefficient (Wildman–Crippen LogP) is 3.77. The molecule has 1 N–H and O–H groups in total. The van der Waals surface area contributed by atoms with Crippen LogP contribution in [0.5, 0.6) is 11.5 Å². The number of nitrogens with one attached hydrogen (secondary N) is 1. The summed E-state index contributed by atoms with van der Waals surface area (Å²) in [5, 5.41) is 2.90. The number of halogens is 1. The summed E-state index contributed by atoms with van der Waals surface area (Å²) < 4.78 is 11.4. The summed E-state index contributed by atoms with van der Waals surface area (Å²) in [7, 11) is 3.20. The number of hydrogen-bond acceptors (Lipinski definition) is 4. The van der Waals surface area contributed by atoms with E-state index < -0.39 is 0 Å². The molecule has 4 nitrogen and oxygen atoms in total. The first kappa shape index (κ1) is 15.9. The van der Waals surface area contributed by atoms with Crippen LogP contribution in [-0.4, -0.2) is 20.1 Å². The highest BCUT2D eigenvalue weighted by atomic mass is 79.9. The van der Waals surface area contributed by atoms with Gasteiger partial charge < -0.3 is 14.8 Å². The van der Waals surface area contributed by atoms with Crippen LogP contribution in [0.2, 0.25) is 0 Å². The zero-order valence-corrected chi connectivity index (χ0v) is 14.4. The van der Waals surface area contributed by atoms with Crippen molar-refractivity contribution >= 4 is 33.2 Å². The van der Waals surface area contributed by atoms with Crippen LogP contribution in [0.15, 0.2) is 28.1 Å². The number of ether oxygens (including phenoxy) is 2. The molecule has 2 aromatic rings. The zero-order chi connectivity index (χ0) is 15.4. The van der Waals surface area contributed by atoms with Crippen LogP contribution >= 0.6 is 27.3 Å². The second kappa shape index (κ2) is 6.95. The summed E-state index contributed by atoms with van der Waals surface area (Å²) in [6, 6.07) is 7.39. The van der Waals surface area contributed by atoms with E-state index in [2.05, 4.69) is 21.2 Å². The third kappa shape index (κ3) is 3.77. The fourth-order valence-corrected chi connectivity index (χ4v) is 3.28. The van der Waals surface area contributed by atoms with Crippen molar-refractivity contribution in [3.05, 3.63) is 44.1 Å². The highest BCUT2D eigenvalue weighted by Crippen LogP contribution is 2.28. The quantitative estimate of drug-likeness (QED) is 0.872. The van der Waals surface area contributed by atoms with Gasteiger partial charge in [-0.05, 0) is 46.6 Å². The zero-order valence-electron chi connectivity index (χ0n) is 12.0. The predicted molar refractivity (Wildman–Crippen MR) is 87.5 cm³/mol. The lowest BCUT2D eigenvalue weighted by Crippen LogP contribution is -2.22. The van der Waals surface area contributed by atoms with Crippen LogP contribution in [0.4, 0.5) is 0 Å². The Morgan fingerprint density at radius 2 is 2.05 bits per heavy atom. The van der Waals surface area contributed by atoms with Gasteiger partial charge in [0, 0.05) is 18.2 Å². The molecule has 0 aliphatic heterocycles. The van der Waals surface area contributed by atoms with Gasteiger partial charge in [0.1, 0.15) is 11.5 Å². The van der Waals surface area contributed by atoms with E-state index in [-0.39, 0.29) is 5.91 Å². The Bertz CT molecular complexity index is 635. The topological polar surface area (TPSA) is 47.6 Å². The van der Waals surface area contributed by atoms with Crippen molar-refractivity contribution in [1.82, 2.24) is 5.32 Å². The third-order valence-corrected chi connectivity index (χ3v) is 5.15. The average Bonchev–Trinajstić information content (AvgIpc) is 2.84. The first-order valence-corrected chi connectivity index (χ1v) is 7.91. The molecule has 112 valence electrons. The lowest BCUT2D eigenvalue weighted by Gasteiger charge is -2.11. The van der Waals surface area contributed by atoms with E-state index in [9.17, 15) is 4.79 Å². The summed E-state index contributed by atoms with van der Waals surface area (Å²) in [4.78, 5) is 12.8. The van der Waals surface area contributed by atoms with Gasteiger partial charge in [0.05, 0.1) is 22.9 Å². The molecule has 0 aliphatic rings. The molecule has 1 aromatic carbocycles. The van der Waals surface area contributed by atoms with Crippen LogP contribution in [0.1, 0.15) is 20.8 Å². The summed E-state index contributed by atoms with van der Waals surface area (Å²) in [5.74, 6) is 1.32. The first-order valence-electron chi connectivity index (χ1n) is 6.30. The Hall–Kier alpha value is -1.53. The number of carbonyl (C=O) groups excluding carboxylic acids is 1. The SMILES string of the molecule is COc1ccc(CNC(=O)c2cc(C)c(Br)s2)c(OC)c1. The summed E-state index contributed by atoms with van der Waals surface area (Å²) >= 11 is 4.85. The molecule has 0 aliphatic carbocycles. The van der Waals surface area contributed by atoms with Crippen molar-refractivity contribution in [3.63, 3.8) is 0 Å². The molecule has 0 atom stereocenters. The summed E-state index contributed by atoms with van der Waals surface area (Å²) in [6.45, 7) is 2.37. The molecule has 6 heteroatoms. The van der Waals surface area contributed by atoms with Crippen LogP contribution < -0.4 is 14.8 Å². The molecule has 21 heavy (non-hydrogen) atoms. The Morgan fingerprint density at radius 3 is 2.62 bits per heavy atom. The van der Waals surface area contributed by atoms with Crippen LogP contribution in [0.3, 0.4) is 0 Å². The van der Waals surface area contributed by atoms with Crippen LogP contribution in [-0.2, 0) is 6.54 Å². The fourth-order valence-electron chi connectivity index (χ4n) is 1.83. The molecule has 0 radical (unpaired) electrons. The van der Waals surface area contributed by atoms with Crippen LogP contribution in [0.25, 0.3) is 0 Å². The minimum absolute atomic E-state index is 0.0910. The molecular formula is C15H16BrNO3S. The van der Waals surface area contributed by atoms with Crippen molar-refractivity contribution < 1.29 is 14.3 Å². The number of methoxy groups -OCH3 is 2. The van der Waals surface area contributed by atoms with E-state index in [0.29, 0.717) is 17.2 Å². The molecule has 0 saturated carbocycles. The molecule has 2 rings (SSSR count).